The SMILES string of the molecule is CNC(=O)CC(=O)c1ccc(C#N)cc1. The highest BCUT2D eigenvalue weighted by Gasteiger charge is 2.09. The van der Waals surface area contributed by atoms with Crippen molar-refractivity contribution in [2.45, 2.75) is 6.42 Å². The minimum Gasteiger partial charge on any atom is -0.359 e. The molecule has 4 nitrogen and oxygen atoms in total. The molecule has 1 aromatic carbocycles. The van der Waals surface area contributed by atoms with Crippen LogP contribution >= 0.6 is 0 Å². The number of ketones is 1. The molecule has 1 amide bonds. The molecule has 0 spiro atoms. The molecule has 4 heteroatoms. The summed E-state index contributed by atoms with van der Waals surface area (Å²) in [7, 11) is 1.48. The Labute approximate surface area is 87.5 Å². The fourth-order valence-corrected chi connectivity index (χ4v) is 1.07. The summed E-state index contributed by atoms with van der Waals surface area (Å²) >= 11 is 0. The van der Waals surface area contributed by atoms with Crippen LogP contribution in [0.15, 0.2) is 24.3 Å². The number of amides is 1. The predicted molar refractivity (Wildman–Crippen MR) is 54.2 cm³/mol. The van der Waals surface area contributed by atoms with Gasteiger partial charge in [0, 0.05) is 12.6 Å². The molecule has 0 unspecified atom stereocenters. The van der Waals surface area contributed by atoms with Gasteiger partial charge in [0.2, 0.25) is 5.91 Å². The van der Waals surface area contributed by atoms with Crippen LogP contribution in [-0.2, 0) is 4.79 Å². The third-order valence-corrected chi connectivity index (χ3v) is 1.94. The van der Waals surface area contributed by atoms with Crippen LogP contribution in [0.2, 0.25) is 0 Å². The van der Waals surface area contributed by atoms with E-state index in [0.29, 0.717) is 11.1 Å². The summed E-state index contributed by atoms with van der Waals surface area (Å²) in [5, 5.41) is 10.9. The van der Waals surface area contributed by atoms with Gasteiger partial charge in [0.15, 0.2) is 5.78 Å². The zero-order valence-corrected chi connectivity index (χ0v) is 8.28. The molecule has 0 radical (unpaired) electrons. The molecule has 76 valence electrons. The Kier molecular flexibility index (Phi) is 3.58. The second-order valence-electron chi connectivity index (χ2n) is 2.96. The van der Waals surface area contributed by atoms with Crippen LogP contribution in [-0.4, -0.2) is 18.7 Å². The lowest BCUT2D eigenvalue weighted by molar-refractivity contribution is -0.119. The average molecular weight is 202 g/mol. The Balaban J connectivity index is 2.75. The van der Waals surface area contributed by atoms with Gasteiger partial charge in [-0.2, -0.15) is 5.26 Å². The van der Waals surface area contributed by atoms with E-state index in [1.165, 1.54) is 7.05 Å². The van der Waals surface area contributed by atoms with Gasteiger partial charge in [-0.05, 0) is 12.1 Å². The van der Waals surface area contributed by atoms with Gasteiger partial charge < -0.3 is 5.32 Å². The third kappa shape index (κ3) is 2.92. The zero-order valence-electron chi connectivity index (χ0n) is 8.28. The second-order valence-corrected chi connectivity index (χ2v) is 2.96. The summed E-state index contributed by atoms with van der Waals surface area (Å²) in [5.41, 5.74) is 0.934. The molecule has 0 aliphatic heterocycles. The molecule has 1 N–H and O–H groups in total. The van der Waals surface area contributed by atoms with E-state index in [4.69, 9.17) is 5.26 Å². The summed E-state index contributed by atoms with van der Waals surface area (Å²) in [6, 6.07) is 8.15. The van der Waals surface area contributed by atoms with Gasteiger partial charge in [0.05, 0.1) is 18.1 Å². The average Bonchev–Trinajstić information content (AvgIpc) is 2.29. The molecule has 0 heterocycles. The normalized spacial score (nSPS) is 9.07. The maximum Gasteiger partial charge on any atom is 0.227 e. The number of rotatable bonds is 3. The summed E-state index contributed by atoms with van der Waals surface area (Å²) in [6.07, 6.45) is -0.164. The number of hydrogen-bond donors (Lipinski definition) is 1. The minimum absolute atomic E-state index is 0.164. The first-order chi connectivity index (χ1) is 7.17. The Bertz CT molecular complexity index is 415. The number of carbonyl (C=O) groups is 2. The molecule has 1 rings (SSSR count). The second kappa shape index (κ2) is 4.91. The van der Waals surface area contributed by atoms with Gasteiger partial charge in [-0.3, -0.25) is 9.59 Å². The number of Topliss-reactive ketones (excluding diaryl/α,β-unsaturated/α-hetero) is 1. The molecule has 0 atom stereocenters. The predicted octanol–water partition coefficient (Wildman–Crippen LogP) is 0.877. The van der Waals surface area contributed by atoms with Crippen LogP contribution in [0.3, 0.4) is 0 Å². The van der Waals surface area contributed by atoms with E-state index in [0.717, 1.165) is 0 Å². The van der Waals surface area contributed by atoms with Gasteiger partial charge >= 0.3 is 0 Å². The highest BCUT2D eigenvalue weighted by molar-refractivity contribution is 6.07. The smallest absolute Gasteiger partial charge is 0.227 e. The Morgan fingerprint density at radius 1 is 1.33 bits per heavy atom. The molecular formula is C11H10N2O2. The van der Waals surface area contributed by atoms with E-state index in [1.807, 2.05) is 6.07 Å². The highest BCUT2D eigenvalue weighted by atomic mass is 16.2. The highest BCUT2D eigenvalue weighted by Crippen LogP contribution is 2.06. The molecule has 0 saturated carbocycles. The Morgan fingerprint density at radius 3 is 2.40 bits per heavy atom. The largest absolute Gasteiger partial charge is 0.359 e. The molecule has 0 aliphatic carbocycles. The van der Waals surface area contributed by atoms with Gasteiger partial charge in [-0.15, -0.1) is 0 Å². The van der Waals surface area contributed by atoms with Crippen molar-refractivity contribution in [3.8, 4) is 6.07 Å². The van der Waals surface area contributed by atoms with Crippen LogP contribution in [0.1, 0.15) is 22.3 Å². The van der Waals surface area contributed by atoms with Crippen molar-refractivity contribution >= 4 is 11.7 Å². The van der Waals surface area contributed by atoms with Gasteiger partial charge in [-0.25, -0.2) is 0 Å². The lowest BCUT2D eigenvalue weighted by Gasteiger charge is -1.99. The molecule has 1 aromatic rings. The lowest BCUT2D eigenvalue weighted by Crippen LogP contribution is -2.21. The number of nitrogens with zero attached hydrogens (tertiary/aromatic N) is 1. The number of hydrogen-bond acceptors (Lipinski definition) is 3. The minimum atomic E-state index is -0.315. The maximum atomic E-state index is 11.5. The third-order valence-electron chi connectivity index (χ3n) is 1.94. The molecule has 0 saturated heterocycles. The monoisotopic (exact) mass is 202 g/mol. The summed E-state index contributed by atoms with van der Waals surface area (Å²) in [4.78, 5) is 22.4. The van der Waals surface area contributed by atoms with E-state index in [2.05, 4.69) is 5.32 Å². The number of benzene rings is 1. The van der Waals surface area contributed by atoms with Crippen molar-refractivity contribution in [2.24, 2.45) is 0 Å². The van der Waals surface area contributed by atoms with Crippen molar-refractivity contribution < 1.29 is 9.59 Å². The zero-order chi connectivity index (χ0) is 11.3. The van der Waals surface area contributed by atoms with E-state index in [1.54, 1.807) is 24.3 Å². The molecule has 0 fully saturated rings. The summed E-state index contributed by atoms with van der Waals surface area (Å²) < 4.78 is 0. The summed E-state index contributed by atoms with van der Waals surface area (Å²) in [5.74, 6) is -0.566. The van der Waals surface area contributed by atoms with Gasteiger partial charge in [0.1, 0.15) is 0 Å². The van der Waals surface area contributed by atoms with Crippen LogP contribution in [0.5, 0.6) is 0 Å². The topological polar surface area (TPSA) is 70.0 Å². The van der Waals surface area contributed by atoms with Crippen LogP contribution in [0.4, 0.5) is 0 Å². The fraction of sp³-hybridized carbons (Fsp3) is 0.182. The summed E-state index contributed by atoms with van der Waals surface area (Å²) in [6.45, 7) is 0. The van der Waals surface area contributed by atoms with Crippen LogP contribution < -0.4 is 5.32 Å². The fourth-order valence-electron chi connectivity index (χ4n) is 1.07. The lowest BCUT2D eigenvalue weighted by atomic mass is 10.1. The molecule has 0 aliphatic rings. The molecule has 0 aromatic heterocycles. The van der Waals surface area contributed by atoms with Crippen molar-refractivity contribution in [3.63, 3.8) is 0 Å². The standard InChI is InChI=1S/C11H10N2O2/c1-13-11(15)6-10(14)9-4-2-8(7-12)3-5-9/h2-5H,6H2,1H3,(H,13,15). The molecule has 15 heavy (non-hydrogen) atoms. The van der Waals surface area contributed by atoms with E-state index in [9.17, 15) is 9.59 Å². The first kappa shape index (κ1) is 10.9. The quantitative estimate of drug-likeness (QED) is 0.584. The molecule has 0 bridgehead atoms. The van der Waals surface area contributed by atoms with Crippen molar-refractivity contribution in [3.05, 3.63) is 35.4 Å². The van der Waals surface area contributed by atoms with Gasteiger partial charge in [0.25, 0.3) is 0 Å². The maximum absolute atomic E-state index is 11.5. The first-order valence-electron chi connectivity index (χ1n) is 4.41. The van der Waals surface area contributed by atoms with E-state index < -0.39 is 0 Å². The Hall–Kier alpha value is -2.15. The number of nitrogens with one attached hydrogen (secondary N) is 1. The Morgan fingerprint density at radius 2 is 1.93 bits per heavy atom. The number of carbonyl (C=O) groups excluding carboxylic acids is 2. The van der Waals surface area contributed by atoms with E-state index in [-0.39, 0.29) is 18.1 Å². The van der Waals surface area contributed by atoms with Crippen LogP contribution in [0, 0.1) is 11.3 Å². The van der Waals surface area contributed by atoms with Crippen molar-refractivity contribution in [1.82, 2.24) is 5.32 Å². The van der Waals surface area contributed by atoms with Crippen LogP contribution in [0.25, 0.3) is 0 Å². The molecular weight excluding hydrogens is 192 g/mol. The first-order valence-corrected chi connectivity index (χ1v) is 4.41. The van der Waals surface area contributed by atoms with Gasteiger partial charge in [-0.1, -0.05) is 12.1 Å². The van der Waals surface area contributed by atoms with E-state index >= 15 is 0 Å². The number of nitriles is 1. The van der Waals surface area contributed by atoms with Crippen molar-refractivity contribution in [1.29, 1.82) is 5.26 Å². The van der Waals surface area contributed by atoms with Crippen molar-refractivity contribution in [2.75, 3.05) is 7.05 Å².